The van der Waals surface area contributed by atoms with E-state index < -0.39 is 5.91 Å². The van der Waals surface area contributed by atoms with Crippen LogP contribution in [-0.2, 0) is 17.7 Å². The van der Waals surface area contributed by atoms with Crippen LogP contribution < -0.4 is 16.4 Å². The Labute approximate surface area is 184 Å². The summed E-state index contributed by atoms with van der Waals surface area (Å²) in [7, 11) is 1.56. The normalized spacial score (nSPS) is 11.2. The summed E-state index contributed by atoms with van der Waals surface area (Å²) in [5, 5.41) is 11.8. The summed E-state index contributed by atoms with van der Waals surface area (Å²) in [5.41, 5.74) is 2.72. The third kappa shape index (κ3) is 4.17. The number of nitrogens with zero attached hydrogens (tertiary/aromatic N) is 3. The molecule has 3 aromatic heterocycles. The second kappa shape index (κ2) is 9.15. The molecule has 4 rings (SSSR count). The number of pyridine rings is 2. The zero-order chi connectivity index (χ0) is 22.7. The molecule has 2 N–H and O–H groups in total. The predicted octanol–water partition coefficient (Wildman–Crippen LogP) is 2.06. The van der Waals surface area contributed by atoms with Gasteiger partial charge in [0.2, 0.25) is 0 Å². The van der Waals surface area contributed by atoms with Crippen molar-refractivity contribution >= 4 is 22.6 Å². The molecule has 0 saturated heterocycles. The number of aryl methyl sites for hydroxylation is 1. The van der Waals surface area contributed by atoms with Crippen LogP contribution in [0, 0.1) is 12.3 Å². The fourth-order valence-electron chi connectivity index (χ4n) is 3.68. The second-order valence-electron chi connectivity index (χ2n) is 7.63. The van der Waals surface area contributed by atoms with Crippen LogP contribution in [0.15, 0.2) is 59.5 Å². The van der Waals surface area contributed by atoms with E-state index in [1.54, 1.807) is 23.9 Å². The largest absolute Gasteiger partial charge is 0.383 e. The number of methoxy groups -OCH3 is 1. The molecule has 0 spiro atoms. The first-order chi connectivity index (χ1) is 15.5. The Balaban J connectivity index is 1.77. The summed E-state index contributed by atoms with van der Waals surface area (Å²) in [6.45, 7) is 2.94. The highest BCUT2D eigenvalue weighted by molar-refractivity contribution is 5.96. The summed E-state index contributed by atoms with van der Waals surface area (Å²) >= 11 is 0. The van der Waals surface area contributed by atoms with Gasteiger partial charge >= 0.3 is 0 Å². The van der Waals surface area contributed by atoms with E-state index in [-0.39, 0.29) is 22.0 Å². The molecule has 0 unspecified atom stereocenters. The summed E-state index contributed by atoms with van der Waals surface area (Å²) in [4.78, 5) is 30.8. The van der Waals surface area contributed by atoms with Crippen LogP contribution in [0.4, 0.5) is 0 Å². The molecule has 1 amide bonds. The van der Waals surface area contributed by atoms with E-state index in [0.717, 1.165) is 11.1 Å². The molecule has 0 radical (unpaired) electrons. The maximum absolute atomic E-state index is 13.2. The molecule has 3 heterocycles. The molecular weight excluding hydrogens is 406 g/mol. The summed E-state index contributed by atoms with van der Waals surface area (Å²) < 4.78 is 8.21. The van der Waals surface area contributed by atoms with Crippen LogP contribution in [0.1, 0.15) is 21.5 Å². The maximum atomic E-state index is 13.2. The van der Waals surface area contributed by atoms with Crippen molar-refractivity contribution in [2.45, 2.75) is 19.9 Å². The van der Waals surface area contributed by atoms with Gasteiger partial charge in [-0.25, -0.2) is 4.98 Å². The SMILES string of the molecule is COCCn1c(=N)c(C(=O)NCCc2ccccc2)cc2c(=O)n3cc(C)ccc3nc21. The van der Waals surface area contributed by atoms with Crippen LogP contribution in [0.25, 0.3) is 16.7 Å². The Hall–Kier alpha value is -3.78. The van der Waals surface area contributed by atoms with Crippen molar-refractivity contribution in [2.24, 2.45) is 0 Å². The predicted molar refractivity (Wildman–Crippen MR) is 122 cm³/mol. The van der Waals surface area contributed by atoms with Crippen LogP contribution in [0.2, 0.25) is 0 Å². The van der Waals surface area contributed by atoms with Gasteiger partial charge in [-0.3, -0.25) is 19.4 Å². The minimum absolute atomic E-state index is 0.00452. The molecule has 8 heteroatoms. The molecule has 4 aromatic rings. The van der Waals surface area contributed by atoms with E-state index in [4.69, 9.17) is 10.1 Å². The molecule has 1 aromatic carbocycles. The lowest BCUT2D eigenvalue weighted by Crippen LogP contribution is -2.36. The number of benzene rings is 1. The van der Waals surface area contributed by atoms with Crippen molar-refractivity contribution in [3.63, 3.8) is 0 Å². The molecule has 164 valence electrons. The zero-order valence-corrected chi connectivity index (χ0v) is 18.1. The van der Waals surface area contributed by atoms with Crippen molar-refractivity contribution < 1.29 is 9.53 Å². The van der Waals surface area contributed by atoms with Crippen LogP contribution >= 0.6 is 0 Å². The van der Waals surface area contributed by atoms with Gasteiger partial charge in [-0.15, -0.1) is 0 Å². The van der Waals surface area contributed by atoms with Gasteiger partial charge in [0, 0.05) is 26.4 Å². The monoisotopic (exact) mass is 431 g/mol. The van der Waals surface area contributed by atoms with Gasteiger partial charge in [-0.2, -0.15) is 0 Å². The van der Waals surface area contributed by atoms with Crippen molar-refractivity contribution in [1.82, 2.24) is 19.3 Å². The quantitative estimate of drug-likeness (QED) is 0.437. The van der Waals surface area contributed by atoms with E-state index in [9.17, 15) is 9.59 Å². The Morgan fingerprint density at radius 2 is 1.97 bits per heavy atom. The molecule has 32 heavy (non-hydrogen) atoms. The van der Waals surface area contributed by atoms with E-state index in [1.807, 2.05) is 43.3 Å². The Morgan fingerprint density at radius 3 is 2.72 bits per heavy atom. The molecule has 0 fully saturated rings. The van der Waals surface area contributed by atoms with E-state index in [2.05, 4.69) is 10.3 Å². The number of hydrogen-bond donors (Lipinski definition) is 2. The van der Waals surface area contributed by atoms with Gasteiger partial charge in [-0.1, -0.05) is 36.4 Å². The van der Waals surface area contributed by atoms with Gasteiger partial charge in [0.15, 0.2) is 0 Å². The summed E-state index contributed by atoms with van der Waals surface area (Å²) in [6, 6.07) is 15.0. The maximum Gasteiger partial charge on any atom is 0.267 e. The Morgan fingerprint density at radius 1 is 1.19 bits per heavy atom. The van der Waals surface area contributed by atoms with E-state index >= 15 is 0 Å². The van der Waals surface area contributed by atoms with Gasteiger partial charge in [0.05, 0.1) is 17.6 Å². The number of aromatic nitrogens is 3. The molecule has 8 nitrogen and oxygen atoms in total. The van der Waals surface area contributed by atoms with Crippen molar-refractivity contribution in [2.75, 3.05) is 20.3 Å². The lowest BCUT2D eigenvalue weighted by Gasteiger charge is -2.14. The fraction of sp³-hybridized carbons (Fsp3) is 0.250. The molecule has 0 saturated carbocycles. The Kier molecular flexibility index (Phi) is 6.13. The highest BCUT2D eigenvalue weighted by Gasteiger charge is 2.17. The number of fused-ring (bicyclic) bond motifs is 2. The average molecular weight is 431 g/mol. The lowest BCUT2D eigenvalue weighted by atomic mass is 10.1. The molecule has 0 aliphatic rings. The number of ether oxygens (including phenoxy) is 1. The Bertz CT molecular complexity index is 1410. The lowest BCUT2D eigenvalue weighted by molar-refractivity contribution is 0.0951. The molecule has 0 bridgehead atoms. The molecule has 0 aliphatic carbocycles. The van der Waals surface area contributed by atoms with E-state index in [0.29, 0.717) is 37.4 Å². The minimum Gasteiger partial charge on any atom is -0.383 e. The number of hydrogen-bond acceptors (Lipinski definition) is 5. The van der Waals surface area contributed by atoms with Gasteiger partial charge < -0.3 is 14.6 Å². The van der Waals surface area contributed by atoms with Crippen LogP contribution in [0.5, 0.6) is 0 Å². The molecule has 0 atom stereocenters. The number of carbonyl (C=O) groups excluding carboxylic acids is 1. The molecular formula is C24H25N5O3. The minimum atomic E-state index is -0.396. The first-order valence-corrected chi connectivity index (χ1v) is 10.4. The van der Waals surface area contributed by atoms with Crippen LogP contribution in [0.3, 0.4) is 0 Å². The topological polar surface area (TPSA) is 101 Å². The molecule has 0 aliphatic heterocycles. The number of carbonyl (C=O) groups is 1. The highest BCUT2D eigenvalue weighted by atomic mass is 16.5. The van der Waals surface area contributed by atoms with Crippen molar-refractivity contribution in [3.8, 4) is 0 Å². The van der Waals surface area contributed by atoms with Gasteiger partial charge in [0.25, 0.3) is 11.5 Å². The highest BCUT2D eigenvalue weighted by Crippen LogP contribution is 2.11. The first kappa shape index (κ1) is 21.5. The second-order valence-corrected chi connectivity index (χ2v) is 7.63. The first-order valence-electron chi connectivity index (χ1n) is 10.4. The number of amides is 1. The third-order valence-corrected chi connectivity index (χ3v) is 5.36. The third-order valence-electron chi connectivity index (χ3n) is 5.36. The fourth-order valence-corrected chi connectivity index (χ4v) is 3.68. The van der Waals surface area contributed by atoms with Gasteiger partial charge in [0.1, 0.15) is 16.8 Å². The number of rotatable bonds is 7. The number of nitrogens with one attached hydrogen (secondary N) is 2. The standard InChI is InChI=1S/C24H25N5O3/c1-16-8-9-20-27-22-19(24(31)29(20)15-16)14-18(21(25)28(22)12-13-32-2)23(30)26-11-10-17-6-4-3-5-7-17/h3-9,14-15,25H,10-13H2,1-2H3,(H,26,30). The van der Waals surface area contributed by atoms with Crippen molar-refractivity contribution in [3.05, 3.63) is 87.3 Å². The summed E-state index contributed by atoms with van der Waals surface area (Å²) in [6.07, 6.45) is 2.39. The average Bonchev–Trinajstić information content (AvgIpc) is 2.79. The summed E-state index contributed by atoms with van der Waals surface area (Å²) in [5.74, 6) is -0.396. The van der Waals surface area contributed by atoms with Crippen LogP contribution in [-0.4, -0.2) is 40.1 Å². The van der Waals surface area contributed by atoms with Crippen molar-refractivity contribution in [1.29, 1.82) is 5.41 Å². The van der Waals surface area contributed by atoms with Gasteiger partial charge in [-0.05, 0) is 36.6 Å². The zero-order valence-electron chi connectivity index (χ0n) is 18.1. The van der Waals surface area contributed by atoms with E-state index in [1.165, 1.54) is 10.5 Å². The smallest absolute Gasteiger partial charge is 0.267 e.